The van der Waals surface area contributed by atoms with Crippen molar-refractivity contribution in [1.82, 2.24) is 0 Å². The summed E-state index contributed by atoms with van der Waals surface area (Å²) in [6.45, 7) is 4.17. The van der Waals surface area contributed by atoms with Crippen LogP contribution in [-0.4, -0.2) is 11.9 Å². The number of rotatable bonds is 3. The van der Waals surface area contributed by atoms with Gasteiger partial charge in [-0.2, -0.15) is 0 Å². The van der Waals surface area contributed by atoms with Crippen LogP contribution in [0.2, 0.25) is 0 Å². The minimum Gasteiger partial charge on any atom is -0.318 e. The lowest BCUT2D eigenvalue weighted by atomic mass is 9.88. The Labute approximate surface area is 125 Å². The van der Waals surface area contributed by atoms with E-state index >= 15 is 0 Å². The molecule has 108 valence electrons. The number of β-lactam (4-membered cyclic amide) rings is 1. The van der Waals surface area contributed by atoms with Crippen LogP contribution in [0.5, 0.6) is 0 Å². The third-order valence-corrected chi connectivity index (χ3v) is 4.18. The first-order valence-electron chi connectivity index (χ1n) is 7.36. The molecule has 2 N–H and O–H groups in total. The predicted molar refractivity (Wildman–Crippen MR) is 85.2 cm³/mol. The highest BCUT2D eigenvalue weighted by Gasteiger charge is 2.46. The van der Waals surface area contributed by atoms with Crippen molar-refractivity contribution < 1.29 is 4.79 Å². The minimum atomic E-state index is -0.446. The van der Waals surface area contributed by atoms with Crippen molar-refractivity contribution in [1.29, 1.82) is 0 Å². The van der Waals surface area contributed by atoms with E-state index < -0.39 is 6.04 Å². The number of anilines is 1. The largest absolute Gasteiger partial charge is 0.318 e. The molecule has 3 heteroatoms. The molecule has 1 aliphatic heterocycles. The summed E-state index contributed by atoms with van der Waals surface area (Å²) in [5.41, 5.74) is 10.5. The van der Waals surface area contributed by atoms with Crippen molar-refractivity contribution in [3.63, 3.8) is 0 Å². The van der Waals surface area contributed by atoms with E-state index in [9.17, 15) is 4.79 Å². The van der Waals surface area contributed by atoms with Crippen molar-refractivity contribution in [3.05, 3.63) is 65.2 Å². The molecule has 0 bridgehead atoms. The smallest absolute Gasteiger partial charge is 0.247 e. The fourth-order valence-corrected chi connectivity index (χ4v) is 2.81. The molecule has 1 fully saturated rings. The summed E-state index contributed by atoms with van der Waals surface area (Å²) in [5, 5.41) is 0. The highest BCUT2D eigenvalue weighted by Crippen LogP contribution is 2.38. The first kappa shape index (κ1) is 13.8. The number of aryl methyl sites for hydroxylation is 2. The SMILES string of the molecule is CCc1ccc(C2C(N)C(=O)N2c2ccc(C)cc2)cc1. The van der Waals surface area contributed by atoms with Crippen LogP contribution in [0.1, 0.15) is 29.7 Å². The van der Waals surface area contributed by atoms with E-state index in [1.807, 2.05) is 31.2 Å². The van der Waals surface area contributed by atoms with Gasteiger partial charge in [-0.25, -0.2) is 0 Å². The zero-order valence-corrected chi connectivity index (χ0v) is 12.4. The van der Waals surface area contributed by atoms with Crippen LogP contribution >= 0.6 is 0 Å². The van der Waals surface area contributed by atoms with E-state index in [1.54, 1.807) is 4.90 Å². The van der Waals surface area contributed by atoms with Crippen molar-refractivity contribution >= 4 is 11.6 Å². The lowest BCUT2D eigenvalue weighted by molar-refractivity contribution is -0.126. The molecule has 21 heavy (non-hydrogen) atoms. The highest BCUT2D eigenvalue weighted by molar-refractivity contribution is 6.05. The van der Waals surface area contributed by atoms with Crippen LogP contribution < -0.4 is 10.6 Å². The molecule has 1 heterocycles. The van der Waals surface area contributed by atoms with E-state index in [-0.39, 0.29) is 11.9 Å². The number of nitrogens with zero attached hydrogens (tertiary/aromatic N) is 1. The predicted octanol–water partition coefficient (Wildman–Crippen LogP) is 2.97. The maximum Gasteiger partial charge on any atom is 0.247 e. The number of carbonyl (C=O) groups is 1. The molecular formula is C18H20N2O. The van der Waals surface area contributed by atoms with Gasteiger partial charge in [-0.15, -0.1) is 0 Å². The molecule has 2 atom stereocenters. The van der Waals surface area contributed by atoms with Gasteiger partial charge in [-0.1, -0.05) is 48.9 Å². The number of hydrogen-bond donors (Lipinski definition) is 1. The van der Waals surface area contributed by atoms with E-state index in [2.05, 4.69) is 31.2 Å². The first-order chi connectivity index (χ1) is 10.1. The van der Waals surface area contributed by atoms with Gasteiger partial charge in [0.2, 0.25) is 5.91 Å². The van der Waals surface area contributed by atoms with Gasteiger partial charge in [0.15, 0.2) is 0 Å². The van der Waals surface area contributed by atoms with E-state index in [1.165, 1.54) is 11.1 Å². The zero-order chi connectivity index (χ0) is 15.0. The molecular weight excluding hydrogens is 260 g/mol. The number of benzene rings is 2. The van der Waals surface area contributed by atoms with Crippen molar-refractivity contribution in [2.45, 2.75) is 32.4 Å². The molecule has 0 spiro atoms. The summed E-state index contributed by atoms with van der Waals surface area (Å²) in [5.74, 6) is -0.0107. The van der Waals surface area contributed by atoms with Crippen LogP contribution in [0, 0.1) is 6.92 Å². The second kappa shape index (κ2) is 5.34. The van der Waals surface area contributed by atoms with E-state index in [0.29, 0.717) is 0 Å². The molecule has 2 aromatic carbocycles. The zero-order valence-electron chi connectivity index (χ0n) is 12.4. The Morgan fingerprint density at radius 2 is 1.67 bits per heavy atom. The van der Waals surface area contributed by atoms with Gasteiger partial charge < -0.3 is 10.6 Å². The monoisotopic (exact) mass is 280 g/mol. The number of amides is 1. The van der Waals surface area contributed by atoms with Gasteiger partial charge in [0.1, 0.15) is 6.04 Å². The van der Waals surface area contributed by atoms with Gasteiger partial charge in [0.25, 0.3) is 0 Å². The Bertz CT molecular complexity index is 646. The standard InChI is InChI=1S/C18H20N2O/c1-3-13-6-8-14(9-7-13)17-16(19)18(21)20(17)15-10-4-12(2)5-11-15/h4-11,16-17H,3,19H2,1-2H3. The van der Waals surface area contributed by atoms with Crippen LogP contribution in [0.25, 0.3) is 0 Å². The lowest BCUT2D eigenvalue weighted by Gasteiger charge is -2.45. The summed E-state index contributed by atoms with van der Waals surface area (Å²) in [6.07, 6.45) is 1.01. The van der Waals surface area contributed by atoms with Crippen LogP contribution in [0.4, 0.5) is 5.69 Å². The van der Waals surface area contributed by atoms with E-state index in [4.69, 9.17) is 5.73 Å². The molecule has 1 aliphatic rings. The Morgan fingerprint density at radius 3 is 2.24 bits per heavy atom. The fourth-order valence-electron chi connectivity index (χ4n) is 2.81. The first-order valence-corrected chi connectivity index (χ1v) is 7.36. The summed E-state index contributed by atoms with van der Waals surface area (Å²) < 4.78 is 0. The maximum absolute atomic E-state index is 12.2. The van der Waals surface area contributed by atoms with Crippen LogP contribution in [-0.2, 0) is 11.2 Å². The Kier molecular flexibility index (Phi) is 3.52. The highest BCUT2D eigenvalue weighted by atomic mass is 16.2. The molecule has 1 amide bonds. The number of carbonyl (C=O) groups excluding carboxylic acids is 1. The lowest BCUT2D eigenvalue weighted by Crippen LogP contribution is -2.63. The van der Waals surface area contributed by atoms with Crippen LogP contribution in [0.3, 0.4) is 0 Å². The molecule has 0 radical (unpaired) electrons. The molecule has 2 aromatic rings. The summed E-state index contributed by atoms with van der Waals surface area (Å²) in [6, 6.07) is 15.9. The van der Waals surface area contributed by atoms with Gasteiger partial charge in [0, 0.05) is 5.69 Å². The molecule has 0 aromatic heterocycles. The molecule has 2 unspecified atom stereocenters. The van der Waals surface area contributed by atoms with Gasteiger partial charge >= 0.3 is 0 Å². The van der Waals surface area contributed by atoms with Crippen molar-refractivity contribution in [2.24, 2.45) is 5.73 Å². The molecule has 0 aliphatic carbocycles. The quantitative estimate of drug-likeness (QED) is 0.879. The van der Waals surface area contributed by atoms with Crippen molar-refractivity contribution in [3.8, 4) is 0 Å². The average molecular weight is 280 g/mol. The van der Waals surface area contributed by atoms with Gasteiger partial charge in [0.05, 0.1) is 6.04 Å². The summed E-state index contributed by atoms with van der Waals surface area (Å²) in [7, 11) is 0. The number of nitrogens with two attached hydrogens (primary N) is 1. The molecule has 1 saturated heterocycles. The Morgan fingerprint density at radius 1 is 1.05 bits per heavy atom. The normalized spacial score (nSPS) is 21.3. The third-order valence-electron chi connectivity index (χ3n) is 4.18. The van der Waals surface area contributed by atoms with Gasteiger partial charge in [-0.3, -0.25) is 4.79 Å². The second-order valence-corrected chi connectivity index (χ2v) is 5.61. The average Bonchev–Trinajstić information content (AvgIpc) is 2.53. The minimum absolute atomic E-state index is 0.0107. The number of hydrogen-bond acceptors (Lipinski definition) is 2. The Hall–Kier alpha value is -2.13. The van der Waals surface area contributed by atoms with Crippen LogP contribution in [0.15, 0.2) is 48.5 Å². The fraction of sp³-hybridized carbons (Fsp3) is 0.278. The maximum atomic E-state index is 12.2. The third kappa shape index (κ3) is 2.34. The summed E-state index contributed by atoms with van der Waals surface area (Å²) >= 11 is 0. The topological polar surface area (TPSA) is 46.3 Å². The van der Waals surface area contributed by atoms with E-state index in [0.717, 1.165) is 17.7 Å². The Balaban J connectivity index is 1.92. The van der Waals surface area contributed by atoms with Gasteiger partial charge in [-0.05, 0) is 36.6 Å². The summed E-state index contributed by atoms with van der Waals surface area (Å²) in [4.78, 5) is 14.0. The molecule has 0 saturated carbocycles. The second-order valence-electron chi connectivity index (χ2n) is 5.61. The molecule has 3 nitrogen and oxygen atoms in total. The molecule has 3 rings (SSSR count). The van der Waals surface area contributed by atoms with Crippen molar-refractivity contribution in [2.75, 3.05) is 4.90 Å².